The van der Waals surface area contributed by atoms with Gasteiger partial charge in [-0.1, -0.05) is 0 Å². The first-order chi connectivity index (χ1) is 8.75. The number of rotatable bonds is 5. The maximum absolute atomic E-state index is 12.0. The molecule has 1 aliphatic heterocycles. The molecule has 8 heteroatoms. The van der Waals surface area contributed by atoms with Crippen LogP contribution in [0.4, 0.5) is 0 Å². The summed E-state index contributed by atoms with van der Waals surface area (Å²) in [5.41, 5.74) is 2.92. The molecule has 0 saturated carbocycles. The number of halogens is 2. The maximum Gasteiger partial charge on any atom is 0.223 e. The van der Waals surface area contributed by atoms with Crippen LogP contribution in [0.1, 0.15) is 12.1 Å². The molecule has 0 spiro atoms. The van der Waals surface area contributed by atoms with Crippen molar-refractivity contribution >= 4 is 42.1 Å². The zero-order valence-electron chi connectivity index (χ0n) is 11.6. The molecule has 0 aliphatic carbocycles. The summed E-state index contributed by atoms with van der Waals surface area (Å²) < 4.78 is 0. The number of hydrogen-bond donors (Lipinski definition) is 1. The SMILES string of the molecule is CN(CCC(=O)N1CCNCC1)Cc1cscn1.Cl.Cl. The van der Waals surface area contributed by atoms with Gasteiger partial charge in [-0.3, -0.25) is 4.79 Å². The smallest absolute Gasteiger partial charge is 0.223 e. The molecule has 1 N–H and O–H groups in total. The normalized spacial score (nSPS) is 14.6. The molecule has 0 aromatic carbocycles. The quantitative estimate of drug-likeness (QED) is 0.876. The average Bonchev–Trinajstić information content (AvgIpc) is 2.90. The summed E-state index contributed by atoms with van der Waals surface area (Å²) in [5.74, 6) is 0.265. The number of piperazine rings is 1. The highest BCUT2D eigenvalue weighted by atomic mass is 35.5. The lowest BCUT2D eigenvalue weighted by Crippen LogP contribution is -2.47. The zero-order chi connectivity index (χ0) is 12.8. The highest BCUT2D eigenvalue weighted by Crippen LogP contribution is 2.05. The second-order valence-electron chi connectivity index (χ2n) is 4.60. The molecule has 116 valence electrons. The maximum atomic E-state index is 12.0. The van der Waals surface area contributed by atoms with E-state index in [2.05, 4.69) is 20.6 Å². The number of nitrogens with zero attached hydrogens (tertiary/aromatic N) is 3. The number of hydrogen-bond acceptors (Lipinski definition) is 5. The molecule has 1 aromatic rings. The Morgan fingerprint density at radius 1 is 1.45 bits per heavy atom. The number of amides is 1. The Hall–Kier alpha value is -0.400. The van der Waals surface area contributed by atoms with Crippen molar-refractivity contribution < 1.29 is 4.79 Å². The van der Waals surface area contributed by atoms with E-state index in [1.165, 1.54) is 0 Å². The van der Waals surface area contributed by atoms with E-state index in [1.807, 2.05) is 17.5 Å². The van der Waals surface area contributed by atoms with E-state index in [0.29, 0.717) is 6.42 Å². The number of carbonyl (C=O) groups is 1. The van der Waals surface area contributed by atoms with Gasteiger partial charge in [0.05, 0.1) is 11.2 Å². The van der Waals surface area contributed by atoms with Crippen LogP contribution in [0.15, 0.2) is 10.9 Å². The molecule has 0 radical (unpaired) electrons. The molecular formula is C12H22Cl2N4OS. The Morgan fingerprint density at radius 3 is 2.75 bits per heavy atom. The summed E-state index contributed by atoms with van der Waals surface area (Å²) in [4.78, 5) is 20.3. The van der Waals surface area contributed by atoms with Gasteiger partial charge in [-0.2, -0.15) is 0 Å². The lowest BCUT2D eigenvalue weighted by atomic mass is 10.3. The van der Waals surface area contributed by atoms with E-state index in [9.17, 15) is 4.79 Å². The van der Waals surface area contributed by atoms with E-state index in [4.69, 9.17) is 0 Å². The van der Waals surface area contributed by atoms with Crippen molar-refractivity contribution in [3.8, 4) is 0 Å². The van der Waals surface area contributed by atoms with Crippen molar-refractivity contribution in [3.63, 3.8) is 0 Å². The fraction of sp³-hybridized carbons (Fsp3) is 0.667. The first-order valence-electron chi connectivity index (χ1n) is 6.30. The van der Waals surface area contributed by atoms with Crippen molar-refractivity contribution in [1.29, 1.82) is 0 Å². The molecule has 5 nitrogen and oxygen atoms in total. The summed E-state index contributed by atoms with van der Waals surface area (Å²) in [5, 5.41) is 5.30. The molecule has 1 aliphatic rings. The zero-order valence-corrected chi connectivity index (χ0v) is 14.0. The van der Waals surface area contributed by atoms with Crippen LogP contribution in [0.3, 0.4) is 0 Å². The van der Waals surface area contributed by atoms with Gasteiger partial charge in [-0.25, -0.2) is 4.98 Å². The second kappa shape index (κ2) is 10.3. The van der Waals surface area contributed by atoms with Gasteiger partial charge in [0.25, 0.3) is 0 Å². The number of nitrogens with one attached hydrogen (secondary N) is 1. The Bertz CT molecular complexity index is 372. The molecule has 2 rings (SSSR count). The van der Waals surface area contributed by atoms with E-state index in [0.717, 1.165) is 45.0 Å². The van der Waals surface area contributed by atoms with Crippen LogP contribution in [0.5, 0.6) is 0 Å². The minimum atomic E-state index is 0. The van der Waals surface area contributed by atoms with Crippen LogP contribution < -0.4 is 5.32 Å². The summed E-state index contributed by atoms with van der Waals surface area (Å²) in [7, 11) is 2.03. The van der Waals surface area contributed by atoms with Gasteiger partial charge in [0, 0.05) is 51.1 Å². The van der Waals surface area contributed by atoms with Crippen molar-refractivity contribution in [2.24, 2.45) is 0 Å². The molecule has 1 amide bonds. The first-order valence-corrected chi connectivity index (χ1v) is 7.24. The van der Waals surface area contributed by atoms with Gasteiger partial charge in [0.2, 0.25) is 5.91 Å². The third kappa shape index (κ3) is 6.37. The summed E-state index contributed by atoms with van der Waals surface area (Å²) >= 11 is 1.61. The van der Waals surface area contributed by atoms with Gasteiger partial charge < -0.3 is 15.1 Å². The van der Waals surface area contributed by atoms with Crippen LogP contribution >= 0.6 is 36.2 Å². The van der Waals surface area contributed by atoms with Gasteiger partial charge in [0.15, 0.2) is 0 Å². The number of thiazole rings is 1. The number of aromatic nitrogens is 1. The molecule has 20 heavy (non-hydrogen) atoms. The fourth-order valence-corrected chi connectivity index (χ4v) is 2.58. The van der Waals surface area contributed by atoms with Gasteiger partial charge in [0.1, 0.15) is 0 Å². The predicted molar refractivity (Wildman–Crippen MR) is 87.0 cm³/mol. The number of carbonyl (C=O) groups excluding carboxylic acids is 1. The fourth-order valence-electron chi connectivity index (χ4n) is 2.03. The average molecular weight is 341 g/mol. The largest absolute Gasteiger partial charge is 0.340 e. The third-order valence-corrected chi connectivity index (χ3v) is 3.73. The van der Waals surface area contributed by atoms with Crippen LogP contribution in [0.2, 0.25) is 0 Å². The van der Waals surface area contributed by atoms with Crippen molar-refractivity contribution in [3.05, 3.63) is 16.6 Å². The van der Waals surface area contributed by atoms with E-state index < -0.39 is 0 Å². The molecule has 1 aromatic heterocycles. The summed E-state index contributed by atoms with van der Waals surface area (Å²) in [6, 6.07) is 0. The third-order valence-electron chi connectivity index (χ3n) is 3.09. The standard InChI is InChI=1S/C12H20N4OS.2ClH/c1-15(8-11-9-18-10-14-11)5-2-12(17)16-6-3-13-4-7-16;;/h9-10,13H,2-8H2,1H3;2*1H. The molecule has 0 bridgehead atoms. The lowest BCUT2D eigenvalue weighted by molar-refractivity contribution is -0.132. The first kappa shape index (κ1) is 19.6. The van der Waals surface area contributed by atoms with Crippen LogP contribution in [0, 0.1) is 0 Å². The summed E-state index contributed by atoms with van der Waals surface area (Å²) in [6.07, 6.45) is 0.598. The van der Waals surface area contributed by atoms with E-state index in [-0.39, 0.29) is 30.7 Å². The Labute approximate surface area is 136 Å². The van der Waals surface area contributed by atoms with Crippen LogP contribution in [0.25, 0.3) is 0 Å². The van der Waals surface area contributed by atoms with Gasteiger partial charge in [-0.05, 0) is 7.05 Å². The van der Waals surface area contributed by atoms with Crippen molar-refractivity contribution in [2.45, 2.75) is 13.0 Å². The second-order valence-corrected chi connectivity index (χ2v) is 5.32. The molecule has 0 unspecified atom stereocenters. The van der Waals surface area contributed by atoms with E-state index in [1.54, 1.807) is 11.3 Å². The highest BCUT2D eigenvalue weighted by molar-refractivity contribution is 7.07. The van der Waals surface area contributed by atoms with Crippen molar-refractivity contribution in [1.82, 2.24) is 20.1 Å². The van der Waals surface area contributed by atoms with Crippen LogP contribution in [-0.4, -0.2) is 60.5 Å². The van der Waals surface area contributed by atoms with Gasteiger partial charge >= 0.3 is 0 Å². The minimum Gasteiger partial charge on any atom is -0.340 e. The molecule has 2 heterocycles. The Balaban J connectivity index is 0.00000180. The van der Waals surface area contributed by atoms with Crippen molar-refractivity contribution in [2.75, 3.05) is 39.8 Å². The van der Waals surface area contributed by atoms with E-state index >= 15 is 0 Å². The molecular weight excluding hydrogens is 319 g/mol. The Morgan fingerprint density at radius 2 is 2.15 bits per heavy atom. The molecule has 1 saturated heterocycles. The minimum absolute atomic E-state index is 0. The highest BCUT2D eigenvalue weighted by Gasteiger charge is 2.16. The lowest BCUT2D eigenvalue weighted by Gasteiger charge is -2.28. The topological polar surface area (TPSA) is 48.5 Å². The molecule has 1 fully saturated rings. The monoisotopic (exact) mass is 340 g/mol. The predicted octanol–water partition coefficient (Wildman–Crippen LogP) is 1.24. The molecule has 0 atom stereocenters. The van der Waals surface area contributed by atoms with Crippen LogP contribution in [-0.2, 0) is 11.3 Å². The Kier molecular flexibility index (Phi) is 10.1. The van der Waals surface area contributed by atoms with Gasteiger partial charge in [-0.15, -0.1) is 36.2 Å². The summed E-state index contributed by atoms with van der Waals surface area (Å²) in [6.45, 7) is 5.13.